The molecule has 0 spiro atoms. The maximum Gasteiger partial charge on any atom is 2.00 e. The van der Waals surface area contributed by atoms with Crippen LogP contribution >= 0.6 is 0 Å². The monoisotopic (exact) mass is 642 g/mol. The van der Waals surface area contributed by atoms with Crippen LogP contribution in [0.15, 0.2) is 0 Å². The molecule has 30 heavy (non-hydrogen) atoms. The average Bonchev–Trinajstić information content (AvgIpc) is 2.60. The zero-order chi connectivity index (χ0) is 21.6. The molecule has 8 nitrogen and oxygen atoms in total. The summed E-state index contributed by atoms with van der Waals surface area (Å²) in [5.41, 5.74) is 0. The number of carboxylic acids is 2. The molecule has 0 aliphatic rings. The third kappa shape index (κ3) is 131. The van der Waals surface area contributed by atoms with E-state index in [2.05, 4.69) is 27.7 Å². The molecular weight excluding hydrogens is 600 g/mol. The van der Waals surface area contributed by atoms with E-state index in [-0.39, 0.29) is 95.4 Å². The number of unbranched alkanes of at least 4 members (excludes halogenated alkanes) is 4. The quantitative estimate of drug-likeness (QED) is 0.115. The fraction of sp³-hybridized carbons (Fsp3) is 0.889. The topological polar surface area (TPSA) is 156 Å². The molecule has 0 aromatic heterocycles. The van der Waals surface area contributed by atoms with Gasteiger partial charge in [-0.05, 0) is 25.7 Å². The van der Waals surface area contributed by atoms with E-state index in [0.717, 1.165) is 51.4 Å². The Morgan fingerprint density at radius 2 is 0.667 bits per heavy atom. The van der Waals surface area contributed by atoms with Crippen molar-refractivity contribution in [3.63, 3.8) is 0 Å². The molecule has 0 radical (unpaired) electrons. The minimum absolute atomic E-state index is 0. The molecule has 182 valence electrons. The van der Waals surface area contributed by atoms with Crippen molar-refractivity contribution in [1.29, 1.82) is 0 Å². The summed E-state index contributed by atoms with van der Waals surface area (Å²) >= 11 is 0. The van der Waals surface area contributed by atoms with Crippen LogP contribution in [0.3, 0.4) is 0 Å². The number of aliphatic carboxylic acids is 2. The zero-order valence-corrected chi connectivity index (χ0v) is 26.5. The predicted octanol–water partition coefficient (Wildman–Crippen LogP) is -4.10. The Balaban J connectivity index is -0.0000000254. The molecule has 0 saturated heterocycles. The molecule has 0 aliphatic carbocycles. The Kier molecular flexibility index (Phi) is 135. The van der Waals surface area contributed by atoms with Gasteiger partial charge in [-0.1, -0.05) is 53.4 Å². The molecule has 0 aromatic carbocycles. The van der Waals surface area contributed by atoms with Crippen molar-refractivity contribution >= 4 is 60.8 Å². The van der Waals surface area contributed by atoms with Gasteiger partial charge in [-0.3, -0.25) is 0 Å². The van der Waals surface area contributed by atoms with Crippen LogP contribution in [-0.4, -0.2) is 118 Å². The van der Waals surface area contributed by atoms with Gasteiger partial charge >= 0.3 is 60.8 Å². The van der Waals surface area contributed by atoms with Crippen LogP contribution in [0.5, 0.6) is 0 Å². The Labute approximate surface area is 250 Å². The van der Waals surface area contributed by atoms with Crippen molar-refractivity contribution in [3.8, 4) is 0 Å². The van der Waals surface area contributed by atoms with Gasteiger partial charge in [-0.25, -0.2) is 9.59 Å². The van der Waals surface area contributed by atoms with E-state index in [9.17, 15) is 0 Å². The Morgan fingerprint density at radius 3 is 0.667 bits per heavy atom. The summed E-state index contributed by atoms with van der Waals surface area (Å²) in [6, 6.07) is 0. The minimum Gasteiger partial charge on any atom is -1.00 e. The second-order valence-electron chi connectivity index (χ2n) is 4.92. The van der Waals surface area contributed by atoms with E-state index < -0.39 is 11.9 Å². The van der Waals surface area contributed by atoms with Crippen molar-refractivity contribution < 1.29 is 86.8 Å². The number of rotatable bonds is 8. The molecule has 0 fully saturated rings. The molecule has 12 heteroatoms. The van der Waals surface area contributed by atoms with Gasteiger partial charge in [0.05, 0.1) is 0 Å². The molecule has 0 heterocycles. The van der Waals surface area contributed by atoms with E-state index in [1.165, 1.54) is 0 Å². The maximum atomic E-state index is 9.10. The first-order valence-electron chi connectivity index (χ1n) is 9.20. The van der Waals surface area contributed by atoms with E-state index >= 15 is 0 Å². The Bertz CT molecular complexity index is 214. The molecule has 0 aromatic rings. The van der Waals surface area contributed by atoms with Crippen LogP contribution in [-0.2, 0) is 31.3 Å². The summed E-state index contributed by atoms with van der Waals surface area (Å²) in [7, 11) is 0. The Hall–Kier alpha value is 1.65. The van der Waals surface area contributed by atoms with Gasteiger partial charge in [-0.2, -0.15) is 0 Å². The second kappa shape index (κ2) is 69.8. The largest absolute Gasteiger partial charge is 2.00 e. The maximum absolute atomic E-state index is 9.10. The number of hydrogen-bond acceptors (Lipinski definition) is 6. The van der Waals surface area contributed by atoms with Gasteiger partial charge in [0.15, 0.2) is 0 Å². The number of aliphatic hydroxyl groups is 4. The number of hydrogen-bond donors (Lipinski definition) is 6. The molecular formula is C18H42BaCl2O8Ti. The van der Waals surface area contributed by atoms with Gasteiger partial charge in [0.25, 0.3) is 0 Å². The number of halogens is 2. The summed E-state index contributed by atoms with van der Waals surface area (Å²) in [5.74, 6) is -3.65. The minimum atomic E-state index is -1.82. The molecule has 0 saturated carbocycles. The summed E-state index contributed by atoms with van der Waals surface area (Å²) < 4.78 is 0. The SMILES string of the molecule is CCCCO.CCCCO.CCCCO.CCCCO.O=C(O)C(=O)O.[Ba+2].[Cl-].[Cl-].[Ti]. The molecule has 0 amide bonds. The Morgan fingerprint density at radius 1 is 0.533 bits per heavy atom. The van der Waals surface area contributed by atoms with Crippen molar-refractivity contribution in [3.05, 3.63) is 0 Å². The standard InChI is InChI=1S/4C4H10O.C2H2O4.Ba.2ClH.Ti/c4*1-2-3-4-5;3-1(4)2(5)6;;;;/h4*5H,2-4H2,1H3;(H,3,4)(H,5,6);;2*1H;/q;;;;;+2;;;/p-2. The first-order valence-corrected chi connectivity index (χ1v) is 9.20. The van der Waals surface area contributed by atoms with Crippen LogP contribution < -0.4 is 24.8 Å². The fourth-order valence-electron chi connectivity index (χ4n) is 0.632. The third-order valence-electron chi connectivity index (χ3n) is 2.23. The van der Waals surface area contributed by atoms with Gasteiger partial charge in [0.1, 0.15) is 0 Å². The van der Waals surface area contributed by atoms with Crippen LogP contribution in [0, 0.1) is 0 Å². The van der Waals surface area contributed by atoms with Gasteiger partial charge < -0.3 is 55.5 Å². The number of aliphatic hydroxyl groups excluding tert-OH is 4. The van der Waals surface area contributed by atoms with Gasteiger partial charge in [0, 0.05) is 48.1 Å². The first-order chi connectivity index (χ1) is 12.3. The summed E-state index contributed by atoms with van der Waals surface area (Å²) in [6.45, 7) is 9.58. The predicted molar refractivity (Wildman–Crippen MR) is 109 cm³/mol. The van der Waals surface area contributed by atoms with E-state index in [1.54, 1.807) is 0 Å². The van der Waals surface area contributed by atoms with Crippen molar-refractivity contribution in [2.45, 2.75) is 79.1 Å². The summed E-state index contributed by atoms with van der Waals surface area (Å²) in [4.78, 5) is 18.2. The van der Waals surface area contributed by atoms with Crippen LogP contribution in [0.1, 0.15) is 79.1 Å². The van der Waals surface area contributed by atoms with E-state index in [1.807, 2.05) is 0 Å². The first kappa shape index (κ1) is 58.0. The van der Waals surface area contributed by atoms with Gasteiger partial charge in [0.2, 0.25) is 0 Å². The summed E-state index contributed by atoms with van der Waals surface area (Å²) in [6.07, 6.45) is 8.15. The molecule has 0 atom stereocenters. The molecule has 0 aliphatic heterocycles. The zero-order valence-electron chi connectivity index (χ0n) is 18.9. The number of carboxylic acid groups (broad SMARTS) is 2. The second-order valence-corrected chi connectivity index (χ2v) is 4.92. The molecule has 0 bridgehead atoms. The third-order valence-corrected chi connectivity index (χ3v) is 2.23. The smallest absolute Gasteiger partial charge is 1.00 e. The normalized spacial score (nSPS) is 7.07. The van der Waals surface area contributed by atoms with E-state index in [0.29, 0.717) is 26.4 Å². The van der Waals surface area contributed by atoms with Crippen molar-refractivity contribution in [2.24, 2.45) is 0 Å². The van der Waals surface area contributed by atoms with Crippen LogP contribution in [0.25, 0.3) is 0 Å². The van der Waals surface area contributed by atoms with Gasteiger partial charge in [-0.15, -0.1) is 0 Å². The van der Waals surface area contributed by atoms with Crippen molar-refractivity contribution in [2.75, 3.05) is 26.4 Å². The molecule has 6 N–H and O–H groups in total. The molecule has 0 unspecified atom stereocenters. The number of carbonyl (C=O) groups is 2. The summed E-state index contributed by atoms with van der Waals surface area (Å²) in [5, 5.41) is 47.0. The molecule has 0 rings (SSSR count). The van der Waals surface area contributed by atoms with E-state index in [4.69, 9.17) is 40.2 Å². The average molecular weight is 643 g/mol. The van der Waals surface area contributed by atoms with Crippen LogP contribution in [0.2, 0.25) is 0 Å². The van der Waals surface area contributed by atoms with Crippen molar-refractivity contribution in [1.82, 2.24) is 0 Å². The fourth-order valence-corrected chi connectivity index (χ4v) is 0.632. The van der Waals surface area contributed by atoms with Crippen LogP contribution in [0.4, 0.5) is 0 Å².